The average Bonchev–Trinajstić information content (AvgIpc) is 1.61. The van der Waals surface area contributed by atoms with Crippen molar-refractivity contribution < 1.29 is 94.0 Å². The molecule has 5 N–H and O–H groups in total. The van der Waals surface area contributed by atoms with E-state index >= 15 is 0 Å². The zero-order valence-electron chi connectivity index (χ0n) is 72.0. The number of rotatable bonds is 25. The van der Waals surface area contributed by atoms with Gasteiger partial charge in [-0.25, -0.2) is 28.3 Å². The molecule has 0 unspecified atom stereocenters. The van der Waals surface area contributed by atoms with Crippen molar-refractivity contribution in [3.63, 3.8) is 0 Å². The number of hydrogen-bond acceptors (Lipinski definition) is 24. The van der Waals surface area contributed by atoms with E-state index in [0.29, 0.717) is 92.6 Å². The number of hydrogen-bond donors (Lipinski definition) is 4. The highest BCUT2D eigenvalue weighted by molar-refractivity contribution is 7.89. The number of pyridine rings is 4. The number of Topliss-reactive ketones (excluding diaryl/α,β-unsaturated/α-hetero) is 2. The van der Waals surface area contributed by atoms with Gasteiger partial charge in [0, 0.05) is 53.0 Å². The summed E-state index contributed by atoms with van der Waals surface area (Å²) in [7, 11) is 2.64. The van der Waals surface area contributed by atoms with Gasteiger partial charge in [-0.3, -0.25) is 29.1 Å². The van der Waals surface area contributed by atoms with Crippen molar-refractivity contribution in [3.8, 4) is 114 Å². The molecule has 0 saturated heterocycles. The molecule has 129 heavy (non-hydrogen) atoms. The van der Waals surface area contributed by atoms with Gasteiger partial charge in [0.15, 0.2) is 69.0 Å². The molecule has 0 radical (unpaired) electrons. The topological polar surface area (TPSA) is 353 Å². The monoisotopic (exact) mass is 1760 g/mol. The Morgan fingerprint density at radius 3 is 1.19 bits per heavy atom. The number of aromatic nitrogens is 4. The molecule has 4 aliphatic carbocycles. The molecule has 4 aliphatic heterocycles. The van der Waals surface area contributed by atoms with E-state index in [1.807, 2.05) is 203 Å². The number of nitrogens with one attached hydrogen (secondary N) is 3. The number of nitrogens with zero attached hydrogens (tertiary/aromatic N) is 4. The summed E-state index contributed by atoms with van der Waals surface area (Å²) in [4.78, 5) is 83.5. The van der Waals surface area contributed by atoms with E-state index < -0.39 is 43.4 Å². The number of carbonyl (C=O) groups excluding carboxylic acids is 5. The minimum absolute atomic E-state index is 0.0279. The van der Waals surface area contributed by atoms with Crippen LogP contribution in [-0.4, -0.2) is 119 Å². The summed E-state index contributed by atoms with van der Waals surface area (Å²) < 4.78 is 93.2. The van der Waals surface area contributed by atoms with Gasteiger partial charge in [-0.2, -0.15) is 0 Å². The SMILES string of the molecule is CC(C)(C)OC(=O)NCc1ccc(-c2cccc(CC(=O)C3(c4ccc5c(c4)OCO5)CC3)n2)cc1.COc1ccc(-c2cccc(CC(=O)C3(c4ccc5c(c4)OCO5)CC3)n2)cc1OC.COc1cccc(-c2cccc(NC(=O)C3(c4ccc5c(c4)OCO5)CC3)n2)c1OC.NS(=O)(=O)c1ccc(-c2cccc(NC(=O)C3(c4ccc5c(c4)OCO5)CC3)n2)cc1. The van der Waals surface area contributed by atoms with E-state index in [0.717, 1.165) is 130 Å². The lowest BCUT2D eigenvalue weighted by atomic mass is 9.88. The van der Waals surface area contributed by atoms with Crippen molar-refractivity contribution >= 4 is 51.1 Å². The fourth-order valence-electron chi connectivity index (χ4n) is 16.1. The summed E-state index contributed by atoms with van der Waals surface area (Å²) in [6.45, 7) is 6.71. The van der Waals surface area contributed by atoms with Gasteiger partial charge in [0.25, 0.3) is 0 Å². The van der Waals surface area contributed by atoms with E-state index in [1.165, 1.54) is 12.1 Å². The van der Waals surface area contributed by atoms with Crippen molar-refractivity contribution in [2.45, 2.75) is 124 Å². The second-order valence-corrected chi connectivity index (χ2v) is 34.8. The van der Waals surface area contributed by atoms with Gasteiger partial charge in [-0.15, -0.1) is 0 Å². The van der Waals surface area contributed by atoms with Gasteiger partial charge < -0.3 is 77.5 Å². The molecule has 29 heteroatoms. The molecular formula is C100H94N8O20S. The molecule has 4 fully saturated rings. The average molecular weight is 1760 g/mol. The van der Waals surface area contributed by atoms with Crippen LogP contribution in [0.3, 0.4) is 0 Å². The van der Waals surface area contributed by atoms with E-state index in [2.05, 4.69) is 25.9 Å². The first-order chi connectivity index (χ1) is 62.3. The minimum atomic E-state index is -3.76. The highest BCUT2D eigenvalue weighted by atomic mass is 32.2. The van der Waals surface area contributed by atoms with Crippen molar-refractivity contribution in [2.24, 2.45) is 5.14 Å². The predicted octanol–water partition coefficient (Wildman–Crippen LogP) is 16.6. The number of sulfonamides is 1. The van der Waals surface area contributed by atoms with Crippen LogP contribution in [0.4, 0.5) is 16.4 Å². The first-order valence-electron chi connectivity index (χ1n) is 42.1. The third kappa shape index (κ3) is 19.0. The van der Waals surface area contributed by atoms with Crippen LogP contribution in [0.1, 0.15) is 111 Å². The standard InChI is InChI=1S/C29H30N2O5.C25H23NO5.C24H22N2O5.C22H19N3O5S/c1-28(2,3)36-27(33)30-17-19-7-9-20(10-8-19)23-6-4-5-22(31-23)16-26(32)29(13-14-29)21-11-12-24-25(15-21)35-18-34-24;1-28-20-8-6-16(12-22(20)29-2)19-5-3-4-18(26-19)14-24(27)25(10-11-25)17-7-9-21-23(13-17)31-15-30-21;1-28-19-7-3-5-16(22(19)29-2)17-6-4-8-21(25-17)26-23(27)24(11-12-24)15-9-10-18-20(13-15)31-14-30-18;23-31(27,28)16-7-4-14(5-8-16)17-2-1-3-20(24-17)25-21(26)22(10-11-22)15-6-9-18-19(12-15)30-13-29-18/h4-12,15H,13-14,16-18H2,1-3H3,(H,30,33);3-9,12-13H,10-11,14-15H2,1-2H3;3-10,13H,11-12,14H2,1-2H3,(H,25,26,27);1-9,12H,10-11,13H2,(H2,23,27,28)(H,24,25,26). The lowest BCUT2D eigenvalue weighted by molar-refractivity contribution is -0.121. The maximum absolute atomic E-state index is 13.3. The second kappa shape index (κ2) is 36.0. The number of nitrogens with two attached hydrogens (primary N) is 1. The molecule has 8 heterocycles. The Morgan fingerprint density at radius 1 is 0.388 bits per heavy atom. The van der Waals surface area contributed by atoms with Crippen LogP contribution >= 0.6 is 0 Å². The molecule has 0 bridgehead atoms. The molecule has 3 amide bonds. The first kappa shape index (κ1) is 86.5. The Balaban J connectivity index is 0.000000121. The second-order valence-electron chi connectivity index (χ2n) is 33.3. The summed E-state index contributed by atoms with van der Waals surface area (Å²) in [5, 5.41) is 13.8. The Morgan fingerprint density at radius 2 is 0.767 bits per heavy atom. The number of anilines is 2. The van der Waals surface area contributed by atoms with Gasteiger partial charge in [-0.05, 0) is 239 Å². The highest BCUT2D eigenvalue weighted by Crippen LogP contribution is 2.56. The van der Waals surface area contributed by atoms with Gasteiger partial charge in [0.2, 0.25) is 49.0 Å². The van der Waals surface area contributed by atoms with Gasteiger partial charge in [0.05, 0.1) is 77.8 Å². The normalized spacial score (nSPS) is 15.5. The number of alkyl carbamates (subject to hydrolysis) is 1. The van der Waals surface area contributed by atoms with Gasteiger partial charge in [0.1, 0.15) is 28.8 Å². The fourth-order valence-corrected chi connectivity index (χ4v) is 16.7. The van der Waals surface area contributed by atoms with Crippen LogP contribution in [0.2, 0.25) is 0 Å². The number of amides is 3. The minimum Gasteiger partial charge on any atom is -0.493 e. The van der Waals surface area contributed by atoms with Crippen LogP contribution in [0, 0.1) is 0 Å². The predicted molar refractivity (Wildman–Crippen MR) is 478 cm³/mol. The Hall–Kier alpha value is -14.6. The third-order valence-corrected chi connectivity index (χ3v) is 24.8. The third-order valence-electron chi connectivity index (χ3n) is 23.8. The molecule has 0 spiro atoms. The Kier molecular flexibility index (Phi) is 24.2. The Bertz CT molecular complexity index is 6420. The zero-order valence-corrected chi connectivity index (χ0v) is 72.8. The van der Waals surface area contributed by atoms with Crippen molar-refractivity contribution in [2.75, 3.05) is 66.2 Å². The fraction of sp³-hybridized carbons (Fsp3) is 0.270. The maximum Gasteiger partial charge on any atom is 0.407 e. The van der Waals surface area contributed by atoms with E-state index in [9.17, 15) is 32.4 Å². The highest BCUT2D eigenvalue weighted by Gasteiger charge is 2.55. The molecule has 20 rings (SSSR count). The lowest BCUT2D eigenvalue weighted by Crippen LogP contribution is -2.32. The molecule has 4 saturated carbocycles. The number of para-hydroxylation sites is 1. The molecule has 12 aromatic rings. The van der Waals surface area contributed by atoms with Crippen LogP contribution < -0.4 is 77.9 Å². The summed E-state index contributed by atoms with van der Waals surface area (Å²) in [6, 6.07) is 70.5. The first-order valence-corrected chi connectivity index (χ1v) is 43.7. The quantitative estimate of drug-likeness (QED) is 0.0413. The smallest absolute Gasteiger partial charge is 0.407 e. The number of ether oxygens (including phenoxy) is 13. The number of fused-ring (bicyclic) bond motifs is 4. The number of ketones is 2. The molecular weight excluding hydrogens is 1670 g/mol. The van der Waals surface area contributed by atoms with Crippen LogP contribution in [-0.2, 0) is 75.0 Å². The molecule has 0 atom stereocenters. The van der Waals surface area contributed by atoms with Gasteiger partial charge in [-0.1, -0.05) is 91.0 Å². The molecule has 660 valence electrons. The van der Waals surface area contributed by atoms with Gasteiger partial charge >= 0.3 is 6.09 Å². The van der Waals surface area contributed by atoms with Crippen molar-refractivity contribution in [3.05, 3.63) is 270 Å². The number of methoxy groups -OCH3 is 4. The summed E-state index contributed by atoms with van der Waals surface area (Å²) in [5.74, 6) is 9.19. The summed E-state index contributed by atoms with van der Waals surface area (Å²) >= 11 is 0. The van der Waals surface area contributed by atoms with Crippen molar-refractivity contribution in [1.29, 1.82) is 0 Å². The van der Waals surface area contributed by atoms with Crippen LogP contribution in [0.5, 0.6) is 69.0 Å². The maximum atomic E-state index is 13.3. The lowest BCUT2D eigenvalue weighted by Gasteiger charge is -2.19. The molecule has 8 aliphatic rings. The molecule has 8 aromatic carbocycles. The zero-order chi connectivity index (χ0) is 89.8. The number of carbonyl (C=O) groups is 5. The molecule has 4 aromatic heterocycles. The van der Waals surface area contributed by atoms with E-state index in [-0.39, 0.29) is 68.3 Å². The van der Waals surface area contributed by atoms with E-state index in [4.69, 9.17) is 76.7 Å². The van der Waals surface area contributed by atoms with Crippen LogP contribution in [0.15, 0.2) is 235 Å². The Labute approximate surface area is 745 Å². The summed E-state index contributed by atoms with van der Waals surface area (Å²) in [5.41, 5.74) is 9.90. The summed E-state index contributed by atoms with van der Waals surface area (Å²) in [6.07, 6.45) is 6.54. The number of primary sulfonamides is 1. The largest absolute Gasteiger partial charge is 0.493 e. The molecule has 28 nitrogen and oxygen atoms in total. The number of benzene rings is 8. The van der Waals surface area contributed by atoms with E-state index in [1.54, 1.807) is 64.8 Å². The van der Waals surface area contributed by atoms with Crippen LogP contribution in [0.25, 0.3) is 45.0 Å². The van der Waals surface area contributed by atoms with Crippen molar-refractivity contribution in [1.82, 2.24) is 25.3 Å².